The Balaban J connectivity index is 2.37. The molecule has 2 rings (SSSR count). The van der Waals surface area contributed by atoms with Gasteiger partial charge < -0.3 is 10.2 Å². The zero-order valence-electron chi connectivity index (χ0n) is 7.35. The zero-order valence-corrected chi connectivity index (χ0v) is 8.94. The predicted molar refractivity (Wildman–Crippen MR) is 56.7 cm³/mol. The van der Waals surface area contributed by atoms with Crippen molar-refractivity contribution in [3.63, 3.8) is 0 Å². The number of nitrogens with zero attached hydrogens (tertiary/aromatic N) is 1. The van der Waals surface area contributed by atoms with Crippen molar-refractivity contribution in [1.82, 2.24) is 4.98 Å². The fraction of sp³-hybridized carbons (Fsp3) is 0.100. The third-order valence-electron chi connectivity index (χ3n) is 1.98. The highest BCUT2D eigenvalue weighted by Gasteiger charge is 2.13. The highest BCUT2D eigenvalue weighted by Crippen LogP contribution is 2.24. The van der Waals surface area contributed by atoms with Crippen LogP contribution in [-0.4, -0.2) is 4.98 Å². The van der Waals surface area contributed by atoms with Gasteiger partial charge in [0.25, 0.3) is 0 Å². The Bertz CT molecular complexity index is 414. The molecular formula is C10H9BrN2O. The maximum Gasteiger partial charge on any atom is 0.0954 e. The highest BCUT2D eigenvalue weighted by molar-refractivity contribution is 9.10. The number of hydrogen-bond donors (Lipinski definition) is 1. The van der Waals surface area contributed by atoms with Crippen molar-refractivity contribution in [2.75, 3.05) is 0 Å². The first kappa shape index (κ1) is 9.43. The molecule has 0 radical (unpaired) electrons. The number of furan rings is 1. The summed E-state index contributed by atoms with van der Waals surface area (Å²) < 4.78 is 5.88. The van der Waals surface area contributed by atoms with E-state index in [1.165, 1.54) is 0 Å². The van der Waals surface area contributed by atoms with E-state index in [1.54, 1.807) is 18.7 Å². The maximum absolute atomic E-state index is 6.01. The van der Waals surface area contributed by atoms with Gasteiger partial charge in [0, 0.05) is 16.2 Å². The van der Waals surface area contributed by atoms with E-state index in [0.717, 1.165) is 15.7 Å². The van der Waals surface area contributed by atoms with Gasteiger partial charge in [-0.3, -0.25) is 4.98 Å². The van der Waals surface area contributed by atoms with E-state index >= 15 is 0 Å². The Labute approximate surface area is 90.1 Å². The molecule has 3 nitrogen and oxygen atoms in total. The number of hydrogen-bond acceptors (Lipinski definition) is 3. The van der Waals surface area contributed by atoms with Crippen LogP contribution in [0, 0.1) is 0 Å². The SMILES string of the molecule is NC(c1ccoc1)c1ncccc1Br. The Hall–Kier alpha value is -1.13. The van der Waals surface area contributed by atoms with Gasteiger partial charge in [0.05, 0.1) is 24.3 Å². The van der Waals surface area contributed by atoms with Crippen molar-refractivity contribution < 1.29 is 4.42 Å². The highest BCUT2D eigenvalue weighted by atomic mass is 79.9. The summed E-state index contributed by atoms with van der Waals surface area (Å²) in [6.45, 7) is 0. The minimum atomic E-state index is -0.246. The molecular weight excluding hydrogens is 244 g/mol. The molecule has 0 bridgehead atoms. The van der Waals surface area contributed by atoms with Crippen LogP contribution in [0.2, 0.25) is 0 Å². The Morgan fingerprint density at radius 1 is 1.43 bits per heavy atom. The van der Waals surface area contributed by atoms with Crippen LogP contribution < -0.4 is 5.73 Å². The molecule has 0 aromatic carbocycles. The average Bonchev–Trinajstić information content (AvgIpc) is 2.70. The molecule has 2 N–H and O–H groups in total. The summed E-state index contributed by atoms with van der Waals surface area (Å²) in [7, 11) is 0. The van der Waals surface area contributed by atoms with Crippen LogP contribution in [0.4, 0.5) is 0 Å². The van der Waals surface area contributed by atoms with Crippen molar-refractivity contribution in [2.24, 2.45) is 5.73 Å². The van der Waals surface area contributed by atoms with Gasteiger partial charge in [0.2, 0.25) is 0 Å². The maximum atomic E-state index is 6.01. The number of rotatable bonds is 2. The van der Waals surface area contributed by atoms with E-state index in [-0.39, 0.29) is 6.04 Å². The number of pyridine rings is 1. The van der Waals surface area contributed by atoms with Gasteiger partial charge in [-0.25, -0.2) is 0 Å². The van der Waals surface area contributed by atoms with Crippen molar-refractivity contribution in [1.29, 1.82) is 0 Å². The second kappa shape index (κ2) is 3.94. The molecule has 0 aliphatic heterocycles. The molecule has 2 heterocycles. The first-order valence-corrected chi connectivity index (χ1v) is 4.96. The summed E-state index contributed by atoms with van der Waals surface area (Å²) >= 11 is 3.41. The van der Waals surface area contributed by atoms with Crippen LogP contribution in [0.25, 0.3) is 0 Å². The summed E-state index contributed by atoms with van der Waals surface area (Å²) in [6, 6.07) is 5.37. The Kier molecular flexibility index (Phi) is 2.65. The molecule has 0 aliphatic carbocycles. The number of aromatic nitrogens is 1. The van der Waals surface area contributed by atoms with Crippen molar-refractivity contribution in [3.05, 3.63) is 52.7 Å². The molecule has 72 valence electrons. The van der Waals surface area contributed by atoms with E-state index in [2.05, 4.69) is 20.9 Å². The quantitative estimate of drug-likeness (QED) is 0.894. The molecule has 2 aromatic rings. The van der Waals surface area contributed by atoms with Gasteiger partial charge >= 0.3 is 0 Å². The Morgan fingerprint density at radius 3 is 2.93 bits per heavy atom. The smallest absolute Gasteiger partial charge is 0.0954 e. The standard InChI is InChI=1S/C10H9BrN2O/c11-8-2-1-4-13-10(8)9(12)7-3-5-14-6-7/h1-6,9H,12H2. The van der Waals surface area contributed by atoms with Crippen LogP contribution in [0.15, 0.2) is 45.8 Å². The van der Waals surface area contributed by atoms with Gasteiger partial charge in [0.15, 0.2) is 0 Å². The normalized spacial score (nSPS) is 12.7. The van der Waals surface area contributed by atoms with Crippen LogP contribution in [-0.2, 0) is 0 Å². The molecule has 0 fully saturated rings. The Morgan fingerprint density at radius 2 is 2.29 bits per heavy atom. The largest absolute Gasteiger partial charge is 0.472 e. The lowest BCUT2D eigenvalue weighted by molar-refractivity contribution is 0.561. The lowest BCUT2D eigenvalue weighted by atomic mass is 10.1. The van der Waals surface area contributed by atoms with E-state index in [4.69, 9.17) is 10.2 Å². The lowest BCUT2D eigenvalue weighted by Gasteiger charge is -2.09. The van der Waals surface area contributed by atoms with E-state index in [9.17, 15) is 0 Å². The monoisotopic (exact) mass is 252 g/mol. The molecule has 4 heteroatoms. The third-order valence-corrected chi connectivity index (χ3v) is 2.65. The predicted octanol–water partition coefficient (Wildman–Crippen LogP) is 2.49. The van der Waals surface area contributed by atoms with Gasteiger partial charge in [0.1, 0.15) is 0 Å². The van der Waals surface area contributed by atoms with Crippen LogP contribution >= 0.6 is 15.9 Å². The lowest BCUT2D eigenvalue weighted by Crippen LogP contribution is -2.13. The topological polar surface area (TPSA) is 52.0 Å². The first-order valence-electron chi connectivity index (χ1n) is 4.17. The van der Waals surface area contributed by atoms with Crippen LogP contribution in [0.5, 0.6) is 0 Å². The van der Waals surface area contributed by atoms with Gasteiger partial charge in [-0.2, -0.15) is 0 Å². The van der Waals surface area contributed by atoms with Gasteiger partial charge in [-0.05, 0) is 34.1 Å². The van der Waals surface area contributed by atoms with Gasteiger partial charge in [-0.1, -0.05) is 0 Å². The summed E-state index contributed by atoms with van der Waals surface area (Å²) in [4.78, 5) is 4.22. The number of halogens is 1. The molecule has 0 aliphatic rings. The van der Waals surface area contributed by atoms with E-state index in [1.807, 2.05) is 18.2 Å². The minimum absolute atomic E-state index is 0.246. The third kappa shape index (κ3) is 1.71. The first-order chi connectivity index (χ1) is 6.79. The minimum Gasteiger partial charge on any atom is -0.472 e. The molecule has 0 amide bonds. The molecule has 1 atom stereocenters. The second-order valence-corrected chi connectivity index (χ2v) is 3.76. The van der Waals surface area contributed by atoms with Crippen LogP contribution in [0.3, 0.4) is 0 Å². The molecule has 0 saturated carbocycles. The fourth-order valence-corrected chi connectivity index (χ4v) is 1.74. The molecule has 2 aromatic heterocycles. The summed E-state index contributed by atoms with van der Waals surface area (Å²) in [5.74, 6) is 0. The van der Waals surface area contributed by atoms with E-state index in [0.29, 0.717) is 0 Å². The number of nitrogens with two attached hydrogens (primary N) is 1. The summed E-state index contributed by atoms with van der Waals surface area (Å²) in [6.07, 6.45) is 4.96. The van der Waals surface area contributed by atoms with E-state index < -0.39 is 0 Å². The molecule has 14 heavy (non-hydrogen) atoms. The zero-order chi connectivity index (χ0) is 9.97. The summed E-state index contributed by atoms with van der Waals surface area (Å²) in [5, 5.41) is 0. The molecule has 0 spiro atoms. The summed E-state index contributed by atoms with van der Waals surface area (Å²) in [5.41, 5.74) is 7.74. The second-order valence-electron chi connectivity index (χ2n) is 2.90. The molecule has 0 saturated heterocycles. The average molecular weight is 253 g/mol. The fourth-order valence-electron chi connectivity index (χ4n) is 1.24. The van der Waals surface area contributed by atoms with Gasteiger partial charge in [-0.15, -0.1) is 0 Å². The van der Waals surface area contributed by atoms with Crippen molar-refractivity contribution in [2.45, 2.75) is 6.04 Å². The van der Waals surface area contributed by atoms with Crippen molar-refractivity contribution in [3.8, 4) is 0 Å². The molecule has 1 unspecified atom stereocenters. The van der Waals surface area contributed by atoms with Crippen molar-refractivity contribution >= 4 is 15.9 Å². The van der Waals surface area contributed by atoms with Crippen LogP contribution in [0.1, 0.15) is 17.3 Å².